The van der Waals surface area contributed by atoms with E-state index in [0.29, 0.717) is 33.8 Å². The number of hydrogen-bond acceptors (Lipinski definition) is 7. The molecule has 0 unspecified atom stereocenters. The molecule has 2 aromatic carbocycles. The van der Waals surface area contributed by atoms with Gasteiger partial charge in [-0.05, 0) is 29.8 Å². The number of hydrogen-bond donors (Lipinski definition) is 1. The molecule has 0 radical (unpaired) electrons. The van der Waals surface area contributed by atoms with Gasteiger partial charge in [-0.2, -0.15) is 0 Å². The second kappa shape index (κ2) is 10.0. The average Bonchev–Trinajstić information content (AvgIpc) is 3.18. The molecule has 1 heterocycles. The third kappa shape index (κ3) is 5.90. The van der Waals surface area contributed by atoms with E-state index in [0.717, 1.165) is 5.56 Å². The quantitative estimate of drug-likeness (QED) is 0.317. The minimum Gasteiger partial charge on any atom is -0.489 e. The van der Waals surface area contributed by atoms with Crippen molar-refractivity contribution in [2.45, 2.75) is 24.3 Å². The number of carbonyl (C=O) groups is 2. The van der Waals surface area contributed by atoms with Crippen LogP contribution in [0.4, 0.5) is 5.13 Å². The van der Waals surface area contributed by atoms with Crippen molar-refractivity contribution in [3.8, 4) is 5.75 Å². The third-order valence-corrected chi connectivity index (χ3v) is 5.70. The lowest BCUT2D eigenvalue weighted by Gasteiger charge is -2.07. The minimum atomic E-state index is -0.113. The average molecular weight is 414 g/mol. The van der Waals surface area contributed by atoms with Gasteiger partial charge in [-0.1, -0.05) is 60.4 Å². The summed E-state index contributed by atoms with van der Waals surface area (Å²) in [6.07, 6.45) is 0.381. The number of benzene rings is 2. The SMILES string of the molecule is CCC(=O)Nc1nnc(SCC(=O)c2ccc(OCc3ccccc3)cc2)s1. The van der Waals surface area contributed by atoms with E-state index in [1.807, 2.05) is 30.3 Å². The number of ketones is 1. The van der Waals surface area contributed by atoms with Gasteiger partial charge in [0.15, 0.2) is 10.1 Å². The van der Waals surface area contributed by atoms with Gasteiger partial charge in [0.05, 0.1) is 5.75 Å². The smallest absolute Gasteiger partial charge is 0.225 e. The molecular weight excluding hydrogens is 394 g/mol. The van der Waals surface area contributed by atoms with Gasteiger partial charge in [0.1, 0.15) is 12.4 Å². The summed E-state index contributed by atoms with van der Waals surface area (Å²) in [4.78, 5) is 23.7. The molecule has 0 aliphatic heterocycles. The Hall–Kier alpha value is -2.71. The van der Waals surface area contributed by atoms with Gasteiger partial charge in [-0.25, -0.2) is 0 Å². The van der Waals surface area contributed by atoms with Crippen molar-refractivity contribution in [2.24, 2.45) is 0 Å². The zero-order valence-electron chi connectivity index (χ0n) is 15.3. The van der Waals surface area contributed by atoms with Crippen molar-refractivity contribution in [3.63, 3.8) is 0 Å². The van der Waals surface area contributed by atoms with Crippen LogP contribution >= 0.6 is 23.1 Å². The van der Waals surface area contributed by atoms with E-state index in [1.54, 1.807) is 31.2 Å². The Kier molecular flexibility index (Phi) is 7.16. The van der Waals surface area contributed by atoms with Gasteiger partial charge in [0.25, 0.3) is 0 Å². The molecule has 144 valence electrons. The highest BCUT2D eigenvalue weighted by molar-refractivity contribution is 8.01. The molecule has 6 nitrogen and oxygen atoms in total. The van der Waals surface area contributed by atoms with Gasteiger partial charge in [0, 0.05) is 12.0 Å². The lowest BCUT2D eigenvalue weighted by atomic mass is 10.1. The van der Waals surface area contributed by atoms with Crippen molar-refractivity contribution in [2.75, 3.05) is 11.1 Å². The summed E-state index contributed by atoms with van der Waals surface area (Å²) in [5.41, 5.74) is 1.70. The van der Waals surface area contributed by atoms with Gasteiger partial charge in [-0.15, -0.1) is 10.2 Å². The first-order valence-corrected chi connectivity index (χ1v) is 10.5. The Morgan fingerprint density at radius 3 is 2.54 bits per heavy atom. The molecule has 0 aliphatic carbocycles. The van der Waals surface area contributed by atoms with Gasteiger partial charge in [0.2, 0.25) is 11.0 Å². The fourth-order valence-electron chi connectivity index (χ4n) is 2.21. The van der Waals surface area contributed by atoms with Crippen molar-refractivity contribution < 1.29 is 14.3 Å². The van der Waals surface area contributed by atoms with E-state index >= 15 is 0 Å². The number of thioether (sulfide) groups is 1. The van der Waals surface area contributed by atoms with Crippen LogP contribution in [0.1, 0.15) is 29.3 Å². The van der Waals surface area contributed by atoms with Crippen molar-refractivity contribution >= 4 is 39.9 Å². The maximum atomic E-state index is 12.4. The lowest BCUT2D eigenvalue weighted by molar-refractivity contribution is -0.115. The molecule has 0 atom stereocenters. The predicted molar refractivity (Wildman–Crippen MR) is 111 cm³/mol. The van der Waals surface area contributed by atoms with Crippen LogP contribution in [0.3, 0.4) is 0 Å². The normalized spacial score (nSPS) is 10.5. The van der Waals surface area contributed by atoms with E-state index in [2.05, 4.69) is 15.5 Å². The number of aromatic nitrogens is 2. The zero-order chi connectivity index (χ0) is 19.8. The fourth-order valence-corrected chi connectivity index (χ4v) is 3.88. The highest BCUT2D eigenvalue weighted by Crippen LogP contribution is 2.26. The molecule has 8 heteroatoms. The summed E-state index contributed by atoms with van der Waals surface area (Å²) >= 11 is 2.56. The Morgan fingerprint density at radius 2 is 1.82 bits per heavy atom. The number of nitrogens with zero attached hydrogens (tertiary/aromatic N) is 2. The summed E-state index contributed by atoms with van der Waals surface area (Å²) in [7, 11) is 0. The van der Waals surface area contributed by atoms with Crippen LogP contribution in [0.25, 0.3) is 0 Å². The highest BCUT2D eigenvalue weighted by Gasteiger charge is 2.11. The van der Waals surface area contributed by atoms with Crippen LogP contribution < -0.4 is 10.1 Å². The number of carbonyl (C=O) groups excluding carboxylic acids is 2. The zero-order valence-corrected chi connectivity index (χ0v) is 16.9. The Morgan fingerprint density at radius 1 is 1.07 bits per heavy atom. The summed E-state index contributed by atoms with van der Waals surface area (Å²) in [6, 6.07) is 17.0. The Bertz CT molecular complexity index is 927. The number of amides is 1. The molecule has 1 amide bonds. The first-order valence-electron chi connectivity index (χ1n) is 8.70. The van der Waals surface area contributed by atoms with Crippen LogP contribution in [0, 0.1) is 0 Å². The van der Waals surface area contributed by atoms with Crippen LogP contribution in [0.2, 0.25) is 0 Å². The summed E-state index contributed by atoms with van der Waals surface area (Å²) < 4.78 is 6.37. The number of anilines is 1. The number of Topliss-reactive ketones (excluding diaryl/α,β-unsaturated/α-hetero) is 1. The van der Waals surface area contributed by atoms with E-state index in [9.17, 15) is 9.59 Å². The maximum absolute atomic E-state index is 12.4. The van der Waals surface area contributed by atoms with Gasteiger partial charge in [-0.3, -0.25) is 9.59 Å². The van der Waals surface area contributed by atoms with Crippen LogP contribution in [-0.4, -0.2) is 27.6 Å². The molecule has 0 aliphatic rings. The Balaban J connectivity index is 1.48. The Labute approximate surface area is 171 Å². The molecule has 3 rings (SSSR count). The van der Waals surface area contributed by atoms with Crippen molar-refractivity contribution in [3.05, 3.63) is 65.7 Å². The highest BCUT2D eigenvalue weighted by atomic mass is 32.2. The number of rotatable bonds is 9. The molecule has 0 saturated heterocycles. The molecule has 1 aromatic heterocycles. The molecular formula is C20H19N3O3S2. The van der Waals surface area contributed by atoms with Crippen LogP contribution in [0.5, 0.6) is 5.75 Å². The number of nitrogens with one attached hydrogen (secondary N) is 1. The minimum absolute atomic E-state index is 0.00560. The molecule has 0 saturated carbocycles. The largest absolute Gasteiger partial charge is 0.489 e. The van der Waals surface area contributed by atoms with Crippen molar-refractivity contribution in [1.29, 1.82) is 0 Å². The van der Waals surface area contributed by atoms with E-state index in [-0.39, 0.29) is 17.4 Å². The van der Waals surface area contributed by atoms with E-state index < -0.39 is 0 Å². The monoisotopic (exact) mass is 413 g/mol. The number of ether oxygens (including phenoxy) is 1. The summed E-state index contributed by atoms with van der Waals surface area (Å²) in [5, 5.41) is 11.0. The van der Waals surface area contributed by atoms with E-state index in [1.165, 1.54) is 23.1 Å². The summed E-state index contributed by atoms with van der Waals surface area (Å²) in [6.45, 7) is 2.25. The van der Waals surface area contributed by atoms with Gasteiger partial charge >= 0.3 is 0 Å². The molecule has 0 spiro atoms. The fraction of sp³-hybridized carbons (Fsp3) is 0.200. The lowest BCUT2D eigenvalue weighted by Crippen LogP contribution is -2.08. The molecule has 28 heavy (non-hydrogen) atoms. The van der Waals surface area contributed by atoms with E-state index in [4.69, 9.17) is 4.74 Å². The molecule has 0 bridgehead atoms. The van der Waals surface area contributed by atoms with Gasteiger partial charge < -0.3 is 10.1 Å². The predicted octanol–water partition coefficient (Wildman–Crippen LogP) is 4.44. The second-order valence-corrected chi connectivity index (χ2v) is 7.99. The standard InChI is InChI=1S/C20H19N3O3S2/c1-2-18(25)21-19-22-23-20(28-19)27-13-17(24)15-8-10-16(11-9-15)26-12-14-6-4-3-5-7-14/h3-11H,2,12-13H2,1H3,(H,21,22,25). The van der Waals surface area contributed by atoms with Crippen LogP contribution in [0.15, 0.2) is 58.9 Å². The maximum Gasteiger partial charge on any atom is 0.225 e. The molecule has 0 fully saturated rings. The molecule has 3 aromatic rings. The topological polar surface area (TPSA) is 81.2 Å². The first-order chi connectivity index (χ1) is 13.6. The molecule has 1 N–H and O–H groups in total. The summed E-state index contributed by atoms with van der Waals surface area (Å²) in [5.74, 6) is 0.849. The van der Waals surface area contributed by atoms with Crippen LogP contribution in [-0.2, 0) is 11.4 Å². The van der Waals surface area contributed by atoms with Crippen molar-refractivity contribution in [1.82, 2.24) is 10.2 Å². The first kappa shape index (κ1) is 20.0. The second-order valence-electron chi connectivity index (χ2n) is 5.79. The third-order valence-electron chi connectivity index (χ3n) is 3.73.